The second kappa shape index (κ2) is 5.80. The van der Waals surface area contributed by atoms with Gasteiger partial charge in [0.1, 0.15) is 5.75 Å². The first-order valence-corrected chi connectivity index (χ1v) is 4.94. The van der Waals surface area contributed by atoms with Crippen LogP contribution in [0.25, 0.3) is 0 Å². The molecule has 0 saturated heterocycles. The van der Waals surface area contributed by atoms with Crippen LogP contribution in [0.3, 0.4) is 0 Å². The van der Waals surface area contributed by atoms with Gasteiger partial charge in [0.05, 0.1) is 26.9 Å². The fourth-order valence-corrected chi connectivity index (χ4v) is 1.62. The highest BCUT2D eigenvalue weighted by molar-refractivity contribution is 5.75. The maximum atomic E-state index is 10.3. The molecule has 0 unspecified atom stereocenters. The molecule has 0 aliphatic carbocycles. The van der Waals surface area contributed by atoms with E-state index < -0.39 is 0 Å². The predicted molar refractivity (Wildman–Crippen MR) is 63.8 cm³/mol. The highest BCUT2D eigenvalue weighted by Gasteiger charge is 2.16. The zero-order valence-electron chi connectivity index (χ0n) is 10.3. The van der Waals surface area contributed by atoms with E-state index in [0.29, 0.717) is 29.1 Å². The van der Waals surface area contributed by atoms with Crippen molar-refractivity contribution in [2.75, 3.05) is 21.3 Å². The normalized spacial score (nSPS) is 8.94. The van der Waals surface area contributed by atoms with Crippen LogP contribution in [-0.2, 0) is 4.79 Å². The third-order valence-corrected chi connectivity index (χ3v) is 2.32. The summed E-state index contributed by atoms with van der Waals surface area (Å²) in [6.45, 7) is 1.84. The lowest BCUT2D eigenvalue weighted by molar-refractivity contribution is -0.103. The third-order valence-electron chi connectivity index (χ3n) is 2.32. The molecular formula is C13H14O4. The molecule has 4 heteroatoms. The zero-order chi connectivity index (χ0) is 12.8. The van der Waals surface area contributed by atoms with Crippen molar-refractivity contribution in [3.63, 3.8) is 0 Å². The summed E-state index contributed by atoms with van der Waals surface area (Å²) in [7, 11) is 4.64. The summed E-state index contributed by atoms with van der Waals surface area (Å²) >= 11 is 0. The number of hydrogen-bond acceptors (Lipinski definition) is 4. The molecule has 0 aromatic heterocycles. The number of rotatable bonds is 3. The Bertz CT molecular complexity index is 480. The zero-order valence-corrected chi connectivity index (χ0v) is 10.3. The summed E-state index contributed by atoms with van der Waals surface area (Å²) in [5.41, 5.74) is 1.37. The van der Waals surface area contributed by atoms with Crippen LogP contribution in [0.2, 0.25) is 0 Å². The fourth-order valence-electron chi connectivity index (χ4n) is 1.62. The molecule has 0 spiro atoms. The van der Waals surface area contributed by atoms with Gasteiger partial charge in [0.2, 0.25) is 0 Å². The molecule has 0 fully saturated rings. The maximum Gasteiger partial charge on any atom is 0.193 e. The van der Waals surface area contributed by atoms with E-state index in [0.717, 1.165) is 5.56 Å². The highest BCUT2D eigenvalue weighted by Crippen LogP contribution is 2.39. The third kappa shape index (κ3) is 2.51. The van der Waals surface area contributed by atoms with Crippen LogP contribution in [0.4, 0.5) is 0 Å². The Morgan fingerprint density at radius 1 is 1.12 bits per heavy atom. The van der Waals surface area contributed by atoms with Gasteiger partial charge < -0.3 is 14.2 Å². The van der Waals surface area contributed by atoms with E-state index in [1.165, 1.54) is 0 Å². The first kappa shape index (κ1) is 12.9. The Kier molecular flexibility index (Phi) is 4.41. The fraction of sp³-hybridized carbons (Fsp3) is 0.308. The molecule has 4 nitrogen and oxygen atoms in total. The van der Waals surface area contributed by atoms with Crippen molar-refractivity contribution < 1.29 is 19.0 Å². The van der Waals surface area contributed by atoms with Crippen molar-refractivity contribution >= 4 is 6.29 Å². The highest BCUT2D eigenvalue weighted by atomic mass is 16.5. The minimum absolute atomic E-state index is 0.533. The van der Waals surface area contributed by atoms with Crippen LogP contribution in [-0.4, -0.2) is 27.6 Å². The Labute approximate surface area is 100 Å². The lowest BCUT2D eigenvalue weighted by atomic mass is 10.1. The number of benzene rings is 1. The van der Waals surface area contributed by atoms with E-state index in [9.17, 15) is 4.79 Å². The summed E-state index contributed by atoms with van der Waals surface area (Å²) in [6.07, 6.45) is 0.533. The molecule has 0 N–H and O–H groups in total. The number of hydrogen-bond donors (Lipinski definition) is 0. The molecule has 1 aromatic rings. The van der Waals surface area contributed by atoms with Crippen molar-refractivity contribution in [2.45, 2.75) is 6.92 Å². The monoisotopic (exact) mass is 234 g/mol. The SMILES string of the molecule is COc1cc(C#CC=O)c(OC)c(C)c1OC. The number of aldehydes is 1. The van der Waals surface area contributed by atoms with Crippen molar-refractivity contribution in [1.82, 2.24) is 0 Å². The van der Waals surface area contributed by atoms with Gasteiger partial charge in [0, 0.05) is 11.6 Å². The Morgan fingerprint density at radius 2 is 1.76 bits per heavy atom. The first-order valence-electron chi connectivity index (χ1n) is 4.94. The average Bonchev–Trinajstić information content (AvgIpc) is 2.35. The van der Waals surface area contributed by atoms with Crippen LogP contribution >= 0.6 is 0 Å². The molecule has 1 rings (SSSR count). The molecule has 0 aliphatic rings. The molecule has 0 amide bonds. The van der Waals surface area contributed by atoms with Crippen molar-refractivity contribution in [1.29, 1.82) is 0 Å². The molecule has 0 radical (unpaired) electrons. The second-order valence-corrected chi connectivity index (χ2v) is 3.21. The molecular weight excluding hydrogens is 220 g/mol. The molecule has 17 heavy (non-hydrogen) atoms. The van der Waals surface area contributed by atoms with Gasteiger partial charge in [-0.05, 0) is 12.8 Å². The average molecular weight is 234 g/mol. The van der Waals surface area contributed by atoms with Crippen LogP contribution in [0.5, 0.6) is 17.2 Å². The number of ether oxygens (including phenoxy) is 3. The molecule has 0 atom stereocenters. The van der Waals surface area contributed by atoms with Crippen molar-refractivity contribution in [3.05, 3.63) is 17.2 Å². The smallest absolute Gasteiger partial charge is 0.193 e. The summed E-state index contributed by atoms with van der Waals surface area (Å²) in [5.74, 6) is 6.79. The molecule has 90 valence electrons. The van der Waals surface area contributed by atoms with Crippen LogP contribution in [0.15, 0.2) is 6.07 Å². The topological polar surface area (TPSA) is 44.8 Å². The maximum absolute atomic E-state index is 10.3. The van der Waals surface area contributed by atoms with Crippen molar-refractivity contribution in [3.8, 4) is 29.1 Å². The number of carbonyl (C=O) groups is 1. The van der Waals surface area contributed by atoms with Crippen molar-refractivity contribution in [2.24, 2.45) is 0 Å². The van der Waals surface area contributed by atoms with Gasteiger partial charge in [0.15, 0.2) is 17.8 Å². The van der Waals surface area contributed by atoms with E-state index in [1.54, 1.807) is 27.4 Å². The second-order valence-electron chi connectivity index (χ2n) is 3.21. The lowest BCUT2D eigenvalue weighted by Gasteiger charge is -2.15. The van der Waals surface area contributed by atoms with Gasteiger partial charge in [-0.1, -0.05) is 5.92 Å². The number of methoxy groups -OCH3 is 3. The largest absolute Gasteiger partial charge is 0.495 e. The Hall–Kier alpha value is -2.15. The van der Waals surface area contributed by atoms with E-state index in [2.05, 4.69) is 11.8 Å². The predicted octanol–water partition coefficient (Wildman–Crippen LogP) is 1.57. The van der Waals surface area contributed by atoms with E-state index in [1.807, 2.05) is 6.92 Å². The summed E-state index contributed by atoms with van der Waals surface area (Å²) in [5, 5.41) is 0. The Balaban J connectivity index is 3.50. The summed E-state index contributed by atoms with van der Waals surface area (Å²) in [4.78, 5) is 10.3. The van der Waals surface area contributed by atoms with Crippen LogP contribution in [0.1, 0.15) is 11.1 Å². The molecule has 0 aliphatic heterocycles. The van der Waals surface area contributed by atoms with E-state index >= 15 is 0 Å². The minimum atomic E-state index is 0.533. The summed E-state index contributed by atoms with van der Waals surface area (Å²) < 4.78 is 15.7. The number of carbonyl (C=O) groups excluding carboxylic acids is 1. The molecule has 0 bridgehead atoms. The summed E-state index contributed by atoms with van der Waals surface area (Å²) in [6, 6.07) is 1.68. The first-order chi connectivity index (χ1) is 8.19. The van der Waals surface area contributed by atoms with E-state index in [4.69, 9.17) is 14.2 Å². The standard InChI is InChI=1S/C13H14O4/c1-9-12(16-3)10(6-5-7-14)8-11(15-2)13(9)17-4/h7-8H,1-4H3. The lowest BCUT2D eigenvalue weighted by Crippen LogP contribution is -1.99. The van der Waals surface area contributed by atoms with Gasteiger partial charge in [-0.2, -0.15) is 0 Å². The van der Waals surface area contributed by atoms with Gasteiger partial charge in [0.25, 0.3) is 0 Å². The molecule has 1 aromatic carbocycles. The van der Waals surface area contributed by atoms with Gasteiger partial charge in [-0.3, -0.25) is 4.79 Å². The van der Waals surface area contributed by atoms with Crippen LogP contribution in [0, 0.1) is 18.8 Å². The molecule has 0 heterocycles. The quantitative estimate of drug-likeness (QED) is 0.588. The molecule has 0 saturated carbocycles. The van der Waals surface area contributed by atoms with Gasteiger partial charge >= 0.3 is 0 Å². The van der Waals surface area contributed by atoms with Crippen LogP contribution < -0.4 is 14.2 Å². The van der Waals surface area contributed by atoms with Gasteiger partial charge in [-0.25, -0.2) is 0 Å². The van der Waals surface area contributed by atoms with Gasteiger partial charge in [-0.15, -0.1) is 0 Å². The minimum Gasteiger partial charge on any atom is -0.495 e. The Morgan fingerprint density at radius 3 is 2.24 bits per heavy atom. The van der Waals surface area contributed by atoms with E-state index in [-0.39, 0.29) is 0 Å².